The van der Waals surface area contributed by atoms with Gasteiger partial charge in [0.25, 0.3) is 0 Å². The Bertz CT molecular complexity index is 631. The van der Waals surface area contributed by atoms with Crippen molar-refractivity contribution in [2.24, 2.45) is 0 Å². The van der Waals surface area contributed by atoms with E-state index in [9.17, 15) is 0 Å². The van der Waals surface area contributed by atoms with Gasteiger partial charge in [0.1, 0.15) is 0 Å². The van der Waals surface area contributed by atoms with E-state index in [-0.39, 0.29) is 24.8 Å². The lowest BCUT2D eigenvalue weighted by molar-refractivity contribution is 0.182. The molecule has 0 radical (unpaired) electrons. The summed E-state index contributed by atoms with van der Waals surface area (Å²) in [7, 11) is 0. The monoisotopic (exact) mass is 380 g/mol. The largest absolute Gasteiger partial charge is 0.398 e. The summed E-state index contributed by atoms with van der Waals surface area (Å²) in [5, 5.41) is 0. The minimum Gasteiger partial charge on any atom is -0.398 e. The van der Waals surface area contributed by atoms with Crippen molar-refractivity contribution in [3.63, 3.8) is 0 Å². The van der Waals surface area contributed by atoms with Crippen molar-refractivity contribution < 1.29 is 0 Å². The Balaban J connectivity index is 0.00000156. The Labute approximate surface area is 164 Å². The fourth-order valence-corrected chi connectivity index (χ4v) is 3.81. The number of hydrogen-bond acceptors (Lipinski definition) is 2. The van der Waals surface area contributed by atoms with E-state index in [2.05, 4.69) is 54.3 Å². The van der Waals surface area contributed by atoms with Gasteiger partial charge in [-0.25, -0.2) is 0 Å². The number of nitrogens with two attached hydrogens (primary N) is 1. The van der Waals surface area contributed by atoms with Crippen LogP contribution in [-0.4, -0.2) is 24.0 Å². The van der Waals surface area contributed by atoms with E-state index in [1.165, 1.54) is 36.1 Å². The van der Waals surface area contributed by atoms with Gasteiger partial charge in [-0.05, 0) is 61.4 Å². The maximum Gasteiger partial charge on any atom is 0.0349 e. The topological polar surface area (TPSA) is 29.3 Å². The smallest absolute Gasteiger partial charge is 0.0349 e. The summed E-state index contributed by atoms with van der Waals surface area (Å²) in [6.07, 6.45) is 5.86. The highest BCUT2D eigenvalue weighted by Gasteiger charge is 2.24. The molecule has 138 valence electrons. The molecule has 0 saturated carbocycles. The third-order valence-corrected chi connectivity index (χ3v) is 5.05. The highest BCUT2D eigenvalue weighted by atomic mass is 35.5. The minimum absolute atomic E-state index is 0. The minimum atomic E-state index is 0. The van der Waals surface area contributed by atoms with Crippen LogP contribution in [-0.2, 0) is 19.3 Å². The van der Waals surface area contributed by atoms with Gasteiger partial charge in [0.05, 0.1) is 0 Å². The quantitative estimate of drug-likeness (QED) is 0.720. The van der Waals surface area contributed by atoms with Crippen LogP contribution in [0.1, 0.15) is 36.5 Å². The lowest BCUT2D eigenvalue weighted by atomic mass is 9.86. The fraction of sp³-hybridized carbons (Fsp3) is 0.429. The summed E-state index contributed by atoms with van der Waals surface area (Å²) in [6.45, 7) is 4.62. The first-order valence-corrected chi connectivity index (χ1v) is 8.92. The summed E-state index contributed by atoms with van der Waals surface area (Å²) in [5.74, 6) is 0. The molecule has 1 unspecified atom stereocenters. The third-order valence-electron chi connectivity index (χ3n) is 5.05. The van der Waals surface area contributed by atoms with Crippen LogP contribution in [0.4, 0.5) is 5.69 Å². The molecule has 0 saturated heterocycles. The number of fused-ring (bicyclic) bond motifs is 1. The van der Waals surface area contributed by atoms with Gasteiger partial charge in [-0.2, -0.15) is 0 Å². The molecule has 2 N–H and O–H groups in total. The average Bonchev–Trinajstić information content (AvgIpc) is 2.59. The molecule has 2 aromatic rings. The maximum absolute atomic E-state index is 6.14. The number of rotatable bonds is 6. The van der Waals surface area contributed by atoms with Crippen molar-refractivity contribution in [2.45, 2.75) is 45.1 Å². The van der Waals surface area contributed by atoms with Crippen LogP contribution in [0.5, 0.6) is 0 Å². The Hall–Kier alpha value is -1.22. The Kier molecular flexibility index (Phi) is 9.34. The van der Waals surface area contributed by atoms with Crippen molar-refractivity contribution in [1.82, 2.24) is 4.90 Å². The second-order valence-electron chi connectivity index (χ2n) is 6.65. The van der Waals surface area contributed by atoms with Gasteiger partial charge in [-0.1, -0.05) is 49.4 Å². The molecule has 0 aromatic heterocycles. The third kappa shape index (κ3) is 5.64. The number of benzene rings is 2. The summed E-state index contributed by atoms with van der Waals surface area (Å²) >= 11 is 0. The van der Waals surface area contributed by atoms with E-state index in [0.29, 0.717) is 6.04 Å². The lowest BCUT2D eigenvalue weighted by Gasteiger charge is -2.35. The highest BCUT2D eigenvalue weighted by molar-refractivity contribution is 5.85. The average molecular weight is 381 g/mol. The van der Waals surface area contributed by atoms with Gasteiger partial charge < -0.3 is 5.73 Å². The first-order chi connectivity index (χ1) is 11.3. The predicted octanol–water partition coefficient (Wildman–Crippen LogP) is 4.92. The molecule has 0 amide bonds. The van der Waals surface area contributed by atoms with Crippen LogP contribution in [0.15, 0.2) is 48.5 Å². The zero-order chi connectivity index (χ0) is 16.1. The summed E-state index contributed by atoms with van der Waals surface area (Å²) in [5.41, 5.74) is 11.4. The van der Waals surface area contributed by atoms with Gasteiger partial charge in [-0.3, -0.25) is 4.90 Å². The van der Waals surface area contributed by atoms with Crippen molar-refractivity contribution >= 4 is 30.5 Å². The molecule has 0 spiro atoms. The first kappa shape index (κ1) is 21.8. The highest BCUT2D eigenvalue weighted by Crippen LogP contribution is 2.28. The molecule has 1 aliphatic carbocycles. The van der Waals surface area contributed by atoms with E-state index in [1.807, 2.05) is 6.07 Å². The SMILES string of the molecule is CCCN(CCc1ccccc1)C1CCc2c(N)cccc2C1.Cl.Cl. The van der Waals surface area contributed by atoms with Gasteiger partial charge in [0.15, 0.2) is 0 Å². The van der Waals surface area contributed by atoms with E-state index < -0.39 is 0 Å². The summed E-state index contributed by atoms with van der Waals surface area (Å²) in [6, 6.07) is 17.9. The normalized spacial score (nSPS) is 15.8. The number of nitrogens with zero attached hydrogens (tertiary/aromatic N) is 1. The molecule has 0 heterocycles. The van der Waals surface area contributed by atoms with Crippen molar-refractivity contribution in [2.75, 3.05) is 18.8 Å². The molecule has 2 nitrogen and oxygen atoms in total. The molecule has 25 heavy (non-hydrogen) atoms. The first-order valence-electron chi connectivity index (χ1n) is 8.92. The fourth-order valence-electron chi connectivity index (χ4n) is 3.81. The zero-order valence-electron chi connectivity index (χ0n) is 15.0. The number of hydrogen-bond donors (Lipinski definition) is 1. The van der Waals surface area contributed by atoms with Gasteiger partial charge >= 0.3 is 0 Å². The summed E-state index contributed by atoms with van der Waals surface area (Å²) in [4.78, 5) is 2.69. The molecule has 4 heteroatoms. The van der Waals surface area contributed by atoms with Crippen LogP contribution < -0.4 is 5.73 Å². The van der Waals surface area contributed by atoms with E-state index >= 15 is 0 Å². The number of halogens is 2. The van der Waals surface area contributed by atoms with Crippen molar-refractivity contribution in [3.05, 3.63) is 65.2 Å². The van der Waals surface area contributed by atoms with Crippen molar-refractivity contribution in [1.29, 1.82) is 0 Å². The molecular formula is C21H30Cl2N2. The van der Waals surface area contributed by atoms with Crippen LogP contribution in [0.25, 0.3) is 0 Å². The molecule has 3 rings (SSSR count). The van der Waals surface area contributed by atoms with Crippen molar-refractivity contribution in [3.8, 4) is 0 Å². The molecule has 0 fully saturated rings. The number of anilines is 1. The Morgan fingerprint density at radius 2 is 1.76 bits per heavy atom. The maximum atomic E-state index is 6.14. The van der Waals surface area contributed by atoms with Gasteiger partial charge in [0, 0.05) is 18.3 Å². The second-order valence-corrected chi connectivity index (χ2v) is 6.65. The Morgan fingerprint density at radius 3 is 2.48 bits per heavy atom. The molecule has 1 aliphatic rings. The van der Waals surface area contributed by atoms with E-state index in [1.54, 1.807) is 0 Å². The van der Waals surface area contributed by atoms with Gasteiger partial charge in [-0.15, -0.1) is 24.8 Å². The summed E-state index contributed by atoms with van der Waals surface area (Å²) < 4.78 is 0. The predicted molar refractivity (Wildman–Crippen MR) is 113 cm³/mol. The second kappa shape index (κ2) is 10.7. The molecular weight excluding hydrogens is 351 g/mol. The standard InChI is InChI=1S/C21H28N2.2ClH/c1-2-14-23(15-13-17-7-4-3-5-8-17)19-11-12-20-18(16-19)9-6-10-21(20)22;;/h3-10,19H,2,11-16,22H2,1H3;2*1H. The van der Waals surface area contributed by atoms with E-state index in [4.69, 9.17) is 5.73 Å². The molecule has 0 aliphatic heterocycles. The van der Waals surface area contributed by atoms with Crippen LogP contribution >= 0.6 is 24.8 Å². The lowest BCUT2D eigenvalue weighted by Crippen LogP contribution is -2.41. The molecule has 0 bridgehead atoms. The molecule has 1 atom stereocenters. The zero-order valence-corrected chi connectivity index (χ0v) is 16.6. The van der Waals surface area contributed by atoms with Crippen LogP contribution in [0.2, 0.25) is 0 Å². The molecule has 2 aromatic carbocycles. The number of nitrogen functional groups attached to an aromatic ring is 1. The van der Waals surface area contributed by atoms with Crippen LogP contribution in [0, 0.1) is 0 Å². The van der Waals surface area contributed by atoms with Gasteiger partial charge in [0.2, 0.25) is 0 Å². The van der Waals surface area contributed by atoms with Crippen LogP contribution in [0.3, 0.4) is 0 Å². The van der Waals surface area contributed by atoms with E-state index in [0.717, 1.165) is 31.5 Å². The Morgan fingerprint density at radius 1 is 1.00 bits per heavy atom.